The number of hydrogen-bond donors (Lipinski definition) is 1. The molecule has 20 heavy (non-hydrogen) atoms. The van der Waals surface area contributed by atoms with Crippen molar-refractivity contribution in [3.8, 4) is 5.75 Å². The fourth-order valence-electron chi connectivity index (χ4n) is 1.90. The maximum absolute atomic E-state index is 11.5. The Kier molecular flexibility index (Phi) is 3.93. The summed E-state index contributed by atoms with van der Waals surface area (Å²) in [5.74, 6) is -0.184. The van der Waals surface area contributed by atoms with Crippen molar-refractivity contribution in [3.63, 3.8) is 0 Å². The molecule has 0 amide bonds. The molecule has 1 aliphatic heterocycles. The summed E-state index contributed by atoms with van der Waals surface area (Å²) in [6, 6.07) is 6.78. The van der Waals surface area contributed by atoms with Crippen LogP contribution in [-0.2, 0) is 9.84 Å². The Hall–Kier alpha value is -2.09. The van der Waals surface area contributed by atoms with Crippen molar-refractivity contribution in [2.24, 2.45) is 0 Å². The molecule has 0 saturated heterocycles. The summed E-state index contributed by atoms with van der Waals surface area (Å²) in [5, 5.41) is 13.7. The zero-order valence-corrected chi connectivity index (χ0v) is 11.6. The lowest BCUT2D eigenvalue weighted by atomic mass is 10.3. The molecule has 7 nitrogen and oxygen atoms in total. The molecule has 0 atom stereocenters. The summed E-state index contributed by atoms with van der Waals surface area (Å²) in [5.41, 5.74) is 0.415. The molecular weight excluding hydrogens is 284 g/mol. The van der Waals surface area contributed by atoms with Gasteiger partial charge in [-0.2, -0.15) is 0 Å². The molecule has 1 N–H and O–H groups in total. The zero-order chi connectivity index (χ0) is 14.8. The first-order valence-electron chi connectivity index (χ1n) is 5.98. The van der Waals surface area contributed by atoms with Gasteiger partial charge in [0, 0.05) is 5.69 Å². The summed E-state index contributed by atoms with van der Waals surface area (Å²) >= 11 is 0. The average molecular weight is 298 g/mol. The van der Waals surface area contributed by atoms with E-state index in [0.717, 1.165) is 0 Å². The number of nitrogens with one attached hydrogen (secondary N) is 1. The van der Waals surface area contributed by atoms with Gasteiger partial charge < -0.3 is 10.1 Å². The molecule has 108 valence electrons. The normalized spacial score (nSPS) is 17.1. The molecule has 0 fully saturated rings. The van der Waals surface area contributed by atoms with Gasteiger partial charge in [0.2, 0.25) is 0 Å². The van der Waals surface area contributed by atoms with E-state index in [1.54, 1.807) is 24.3 Å². The summed E-state index contributed by atoms with van der Waals surface area (Å²) < 4.78 is 28.2. The van der Waals surface area contributed by atoms with E-state index in [0.29, 0.717) is 18.0 Å². The van der Waals surface area contributed by atoms with E-state index >= 15 is 0 Å². The van der Waals surface area contributed by atoms with Gasteiger partial charge in [-0.05, 0) is 31.2 Å². The lowest BCUT2D eigenvalue weighted by Crippen LogP contribution is -2.08. The Bertz CT molecular complexity index is 649. The monoisotopic (exact) mass is 298 g/mol. The van der Waals surface area contributed by atoms with Crippen LogP contribution in [0.5, 0.6) is 5.75 Å². The predicted molar refractivity (Wildman–Crippen MR) is 73.9 cm³/mol. The van der Waals surface area contributed by atoms with E-state index in [9.17, 15) is 18.5 Å². The first kappa shape index (κ1) is 14.3. The van der Waals surface area contributed by atoms with Gasteiger partial charge >= 0.3 is 0 Å². The number of nitrogens with zero attached hydrogens (tertiary/aromatic N) is 1. The van der Waals surface area contributed by atoms with Gasteiger partial charge in [0.05, 0.1) is 17.3 Å². The largest absolute Gasteiger partial charge is 0.494 e. The predicted octanol–water partition coefficient (Wildman–Crippen LogP) is 1.41. The summed E-state index contributed by atoms with van der Waals surface area (Å²) in [6.07, 6.45) is 0. The van der Waals surface area contributed by atoms with Crippen LogP contribution < -0.4 is 10.1 Å². The highest BCUT2D eigenvalue weighted by atomic mass is 32.2. The van der Waals surface area contributed by atoms with E-state index in [1.165, 1.54) is 0 Å². The summed E-state index contributed by atoms with van der Waals surface area (Å²) in [7, 11) is -3.43. The lowest BCUT2D eigenvalue weighted by Gasteiger charge is -2.07. The fourth-order valence-corrected chi connectivity index (χ4v) is 3.37. The Labute approximate surface area is 116 Å². The number of anilines is 1. The van der Waals surface area contributed by atoms with Crippen molar-refractivity contribution >= 4 is 15.5 Å². The molecule has 8 heteroatoms. The van der Waals surface area contributed by atoms with Crippen molar-refractivity contribution in [1.82, 2.24) is 0 Å². The topological polar surface area (TPSA) is 98.5 Å². The van der Waals surface area contributed by atoms with Crippen LogP contribution in [0.3, 0.4) is 0 Å². The van der Waals surface area contributed by atoms with Crippen LogP contribution in [0.2, 0.25) is 0 Å². The third-order valence-electron chi connectivity index (χ3n) is 2.75. The number of hydrogen-bond acceptors (Lipinski definition) is 6. The number of nitro groups is 1. The smallest absolute Gasteiger partial charge is 0.281 e. The van der Waals surface area contributed by atoms with Gasteiger partial charge in [0.15, 0.2) is 9.84 Å². The molecule has 1 aliphatic rings. The zero-order valence-electron chi connectivity index (χ0n) is 10.8. The van der Waals surface area contributed by atoms with Gasteiger partial charge in [-0.3, -0.25) is 10.1 Å². The van der Waals surface area contributed by atoms with Crippen molar-refractivity contribution in [3.05, 3.63) is 45.8 Å². The first-order chi connectivity index (χ1) is 9.41. The Morgan fingerprint density at radius 1 is 1.30 bits per heavy atom. The van der Waals surface area contributed by atoms with Crippen molar-refractivity contribution < 1.29 is 18.1 Å². The van der Waals surface area contributed by atoms with Crippen LogP contribution >= 0.6 is 0 Å². The minimum atomic E-state index is -3.43. The van der Waals surface area contributed by atoms with Crippen LogP contribution in [0.25, 0.3) is 0 Å². The Balaban J connectivity index is 2.19. The van der Waals surface area contributed by atoms with Crippen LogP contribution in [0, 0.1) is 10.1 Å². The van der Waals surface area contributed by atoms with Crippen LogP contribution in [0.1, 0.15) is 6.92 Å². The van der Waals surface area contributed by atoms with Gasteiger partial charge in [0.25, 0.3) is 5.70 Å². The molecule has 1 heterocycles. The lowest BCUT2D eigenvalue weighted by molar-refractivity contribution is -0.424. The highest BCUT2D eigenvalue weighted by Gasteiger charge is 2.35. The number of benzene rings is 1. The first-order valence-corrected chi connectivity index (χ1v) is 7.80. The highest BCUT2D eigenvalue weighted by Crippen LogP contribution is 2.23. The molecule has 0 unspecified atom stereocenters. The Morgan fingerprint density at radius 3 is 2.50 bits per heavy atom. The molecule has 0 saturated carbocycles. The van der Waals surface area contributed by atoms with Gasteiger partial charge in [-0.25, -0.2) is 8.42 Å². The van der Waals surface area contributed by atoms with Crippen molar-refractivity contribution in [2.45, 2.75) is 6.92 Å². The van der Waals surface area contributed by atoms with Gasteiger partial charge in [-0.15, -0.1) is 0 Å². The standard InChI is InChI=1S/C12H14N2O5S/c1-2-19-10-5-3-9(4-6-10)13-11-7-20(17,18)8-12(11)14(15)16/h3-6,13H,2,7-8H2,1H3. The van der Waals surface area contributed by atoms with Crippen LogP contribution in [0.15, 0.2) is 35.7 Å². The molecule has 0 aliphatic carbocycles. The van der Waals surface area contributed by atoms with Crippen molar-refractivity contribution in [2.75, 3.05) is 23.4 Å². The second-order valence-corrected chi connectivity index (χ2v) is 6.36. The molecule has 0 bridgehead atoms. The minimum absolute atomic E-state index is 0.124. The molecule has 0 aromatic heterocycles. The third kappa shape index (κ3) is 3.27. The van der Waals surface area contributed by atoms with Gasteiger partial charge in [0.1, 0.15) is 17.2 Å². The van der Waals surface area contributed by atoms with E-state index in [2.05, 4.69) is 5.32 Å². The quantitative estimate of drug-likeness (QED) is 0.652. The second-order valence-electron chi connectivity index (χ2n) is 4.30. The molecule has 0 spiro atoms. The maximum atomic E-state index is 11.5. The van der Waals surface area contributed by atoms with E-state index in [4.69, 9.17) is 4.74 Å². The average Bonchev–Trinajstić information content (AvgIpc) is 2.67. The van der Waals surface area contributed by atoms with Gasteiger partial charge in [-0.1, -0.05) is 0 Å². The molecule has 0 radical (unpaired) electrons. The van der Waals surface area contributed by atoms with Crippen LogP contribution in [0.4, 0.5) is 5.69 Å². The van der Waals surface area contributed by atoms with Crippen LogP contribution in [-0.4, -0.2) is 31.5 Å². The molecular formula is C12H14N2O5S. The number of sulfone groups is 1. The number of ether oxygens (including phenoxy) is 1. The van der Waals surface area contributed by atoms with E-state index in [1.807, 2.05) is 6.92 Å². The fraction of sp³-hybridized carbons (Fsp3) is 0.333. The molecule has 1 aromatic carbocycles. The molecule has 1 aromatic rings. The minimum Gasteiger partial charge on any atom is -0.494 e. The SMILES string of the molecule is CCOc1ccc(NC2=C([N+](=O)[O-])CS(=O)(=O)C2)cc1. The second kappa shape index (κ2) is 5.49. The number of rotatable bonds is 5. The third-order valence-corrected chi connectivity index (χ3v) is 4.19. The van der Waals surface area contributed by atoms with E-state index < -0.39 is 20.5 Å². The molecule has 2 rings (SSSR count). The highest BCUT2D eigenvalue weighted by molar-refractivity contribution is 7.92. The Morgan fingerprint density at radius 2 is 1.95 bits per heavy atom. The summed E-state index contributed by atoms with van der Waals surface area (Å²) in [6.45, 7) is 2.41. The van der Waals surface area contributed by atoms with E-state index in [-0.39, 0.29) is 17.1 Å². The van der Waals surface area contributed by atoms with Crippen molar-refractivity contribution in [1.29, 1.82) is 0 Å². The maximum Gasteiger partial charge on any atom is 0.281 e. The summed E-state index contributed by atoms with van der Waals surface area (Å²) in [4.78, 5) is 10.2.